The van der Waals surface area contributed by atoms with Gasteiger partial charge >= 0.3 is 5.97 Å². The molecule has 6 nitrogen and oxygen atoms in total. The Labute approximate surface area is 141 Å². The number of sulfonamides is 1. The van der Waals surface area contributed by atoms with Gasteiger partial charge in [-0.05, 0) is 12.1 Å². The van der Waals surface area contributed by atoms with Gasteiger partial charge in [-0.2, -0.15) is 0 Å². The Morgan fingerprint density at radius 3 is 2.46 bits per heavy atom. The summed E-state index contributed by atoms with van der Waals surface area (Å²) in [5, 5.41) is 0. The summed E-state index contributed by atoms with van der Waals surface area (Å²) in [4.78, 5) is 24.2. The average molecular weight is 349 g/mol. The van der Waals surface area contributed by atoms with Crippen LogP contribution in [0.3, 0.4) is 0 Å². The largest absolute Gasteiger partial charge is 0.423 e. The number of ketones is 1. The molecule has 2 rings (SSSR count). The van der Waals surface area contributed by atoms with E-state index in [1.807, 2.05) is 0 Å². The van der Waals surface area contributed by atoms with Gasteiger partial charge in [-0.25, -0.2) is 8.42 Å². The van der Waals surface area contributed by atoms with E-state index in [1.165, 1.54) is 25.1 Å². The monoisotopic (exact) mass is 349 g/mol. The lowest BCUT2D eigenvalue weighted by Gasteiger charge is -2.31. The van der Waals surface area contributed by atoms with Gasteiger partial charge in [-0.15, -0.1) is 6.58 Å². The van der Waals surface area contributed by atoms with Crippen molar-refractivity contribution < 1.29 is 22.7 Å². The van der Waals surface area contributed by atoms with Crippen molar-refractivity contribution >= 4 is 27.5 Å². The predicted octanol–water partition coefficient (Wildman–Crippen LogP) is 2.33. The summed E-state index contributed by atoms with van der Waals surface area (Å²) in [7, 11) is -3.94. The normalized spacial score (nSPS) is 15.9. The van der Waals surface area contributed by atoms with Crippen molar-refractivity contribution in [1.29, 1.82) is 0 Å². The zero-order chi connectivity index (χ0) is 18.1. The van der Waals surface area contributed by atoms with Crippen LogP contribution in [-0.2, 0) is 24.3 Å². The number of carbonyl (C=O) groups is 2. The minimum atomic E-state index is -3.94. The number of rotatable bonds is 5. The van der Waals surface area contributed by atoms with Gasteiger partial charge < -0.3 is 4.74 Å². The fraction of sp³-hybridized carbons (Fsp3) is 0.294. The summed E-state index contributed by atoms with van der Waals surface area (Å²) in [5.41, 5.74) is 0.0413. The van der Waals surface area contributed by atoms with E-state index in [0.29, 0.717) is 0 Å². The fourth-order valence-electron chi connectivity index (χ4n) is 2.32. The van der Waals surface area contributed by atoms with Crippen LogP contribution in [0.4, 0.5) is 0 Å². The molecule has 0 aromatic heterocycles. The highest BCUT2D eigenvalue weighted by Gasteiger charge is 2.39. The molecular weight excluding hydrogens is 330 g/mol. The van der Waals surface area contributed by atoms with Crippen LogP contribution >= 0.6 is 0 Å². The van der Waals surface area contributed by atoms with Crippen LogP contribution in [0, 0.1) is 5.92 Å². The molecule has 0 saturated carbocycles. The molecule has 128 valence electrons. The lowest BCUT2D eigenvalue weighted by Crippen LogP contribution is -2.38. The highest BCUT2D eigenvalue weighted by Crippen LogP contribution is 2.38. The lowest BCUT2D eigenvalue weighted by molar-refractivity contribution is -0.140. The number of ether oxygens (including phenoxy) is 1. The van der Waals surface area contributed by atoms with Gasteiger partial charge in [0.15, 0.2) is 11.5 Å². The SMILES string of the molecule is C=CCN1C(C(C)=O)=C(OC(=O)C(C)C)c2ccccc2S1(=O)=O. The molecule has 0 spiro atoms. The van der Waals surface area contributed by atoms with Crippen LogP contribution in [-0.4, -0.2) is 31.0 Å². The first-order valence-electron chi connectivity index (χ1n) is 7.41. The van der Waals surface area contributed by atoms with Crippen molar-refractivity contribution in [3.63, 3.8) is 0 Å². The van der Waals surface area contributed by atoms with Crippen molar-refractivity contribution in [3.8, 4) is 0 Å². The summed E-state index contributed by atoms with van der Waals surface area (Å²) in [5.74, 6) is -1.52. The van der Waals surface area contributed by atoms with E-state index in [-0.39, 0.29) is 28.5 Å². The van der Waals surface area contributed by atoms with Gasteiger partial charge in [0.25, 0.3) is 10.0 Å². The maximum atomic E-state index is 12.8. The highest BCUT2D eigenvalue weighted by atomic mass is 32.2. The second-order valence-corrected chi connectivity index (χ2v) is 7.46. The van der Waals surface area contributed by atoms with Gasteiger partial charge in [-0.1, -0.05) is 32.1 Å². The average Bonchev–Trinajstić information content (AvgIpc) is 2.51. The molecule has 0 fully saturated rings. The summed E-state index contributed by atoms with van der Waals surface area (Å²) >= 11 is 0. The Morgan fingerprint density at radius 1 is 1.29 bits per heavy atom. The third-order valence-corrected chi connectivity index (χ3v) is 5.29. The maximum Gasteiger partial charge on any atom is 0.313 e. The van der Waals surface area contributed by atoms with Crippen molar-refractivity contribution in [3.05, 3.63) is 48.2 Å². The molecule has 0 amide bonds. The number of allylic oxidation sites excluding steroid dienone is 1. The third-order valence-electron chi connectivity index (χ3n) is 3.47. The number of benzene rings is 1. The predicted molar refractivity (Wildman–Crippen MR) is 89.1 cm³/mol. The van der Waals surface area contributed by atoms with Crippen molar-refractivity contribution in [2.24, 2.45) is 5.92 Å². The number of hydrogen-bond acceptors (Lipinski definition) is 5. The van der Waals surface area contributed by atoms with E-state index in [1.54, 1.807) is 26.0 Å². The molecule has 0 atom stereocenters. The summed E-state index contributed by atoms with van der Waals surface area (Å²) < 4.78 is 32.0. The number of Topliss-reactive ketones (excluding diaryl/α,β-unsaturated/α-hetero) is 1. The molecule has 1 aromatic carbocycles. The van der Waals surface area contributed by atoms with E-state index in [0.717, 1.165) is 4.31 Å². The van der Waals surface area contributed by atoms with E-state index < -0.39 is 27.7 Å². The molecule has 0 N–H and O–H groups in total. The molecule has 0 radical (unpaired) electrons. The first-order chi connectivity index (χ1) is 11.2. The zero-order valence-corrected chi connectivity index (χ0v) is 14.6. The topological polar surface area (TPSA) is 80.8 Å². The first kappa shape index (κ1) is 17.9. The van der Waals surface area contributed by atoms with Crippen LogP contribution in [0.2, 0.25) is 0 Å². The van der Waals surface area contributed by atoms with E-state index in [9.17, 15) is 18.0 Å². The molecule has 24 heavy (non-hydrogen) atoms. The Morgan fingerprint density at radius 2 is 1.92 bits per heavy atom. The van der Waals surface area contributed by atoms with Crippen LogP contribution in [0.15, 0.2) is 47.5 Å². The first-order valence-corrected chi connectivity index (χ1v) is 8.85. The molecule has 1 aliphatic heterocycles. The second kappa shape index (κ2) is 6.60. The van der Waals surface area contributed by atoms with Crippen LogP contribution in [0.1, 0.15) is 26.3 Å². The summed E-state index contributed by atoms with van der Waals surface area (Å²) in [6, 6.07) is 6.13. The number of fused-ring (bicyclic) bond motifs is 1. The summed E-state index contributed by atoms with van der Waals surface area (Å²) in [6.07, 6.45) is 1.37. The maximum absolute atomic E-state index is 12.8. The molecular formula is C17H19NO5S. The number of carbonyl (C=O) groups excluding carboxylic acids is 2. The Balaban J connectivity index is 2.80. The minimum absolute atomic E-state index is 0.0107. The molecule has 7 heteroatoms. The van der Waals surface area contributed by atoms with Gasteiger partial charge in [0, 0.05) is 12.5 Å². The number of hydrogen-bond donors (Lipinski definition) is 0. The Bertz CT molecular complexity index is 836. The molecule has 0 aliphatic carbocycles. The molecule has 0 unspecified atom stereocenters. The van der Waals surface area contributed by atoms with E-state index >= 15 is 0 Å². The third kappa shape index (κ3) is 2.99. The van der Waals surface area contributed by atoms with E-state index in [2.05, 4.69) is 6.58 Å². The van der Waals surface area contributed by atoms with Crippen LogP contribution in [0.25, 0.3) is 5.76 Å². The standard InChI is InChI=1S/C17H19NO5S/c1-5-10-18-15(12(4)19)16(23-17(20)11(2)3)13-8-6-7-9-14(13)24(18,21)22/h5-9,11H,1,10H2,2-4H3. The molecule has 1 aliphatic rings. The second-order valence-electron chi connectivity index (χ2n) is 5.63. The zero-order valence-electron chi connectivity index (χ0n) is 13.8. The molecule has 1 heterocycles. The molecule has 0 bridgehead atoms. The number of nitrogens with zero attached hydrogens (tertiary/aromatic N) is 1. The van der Waals surface area contributed by atoms with Gasteiger partial charge in [0.1, 0.15) is 5.70 Å². The Kier molecular flexibility index (Phi) is 4.94. The smallest absolute Gasteiger partial charge is 0.313 e. The van der Waals surface area contributed by atoms with Crippen LogP contribution in [0.5, 0.6) is 0 Å². The molecule has 0 saturated heterocycles. The lowest BCUT2D eigenvalue weighted by atomic mass is 10.1. The number of esters is 1. The van der Waals surface area contributed by atoms with Crippen molar-refractivity contribution in [1.82, 2.24) is 4.31 Å². The highest BCUT2D eigenvalue weighted by molar-refractivity contribution is 7.89. The van der Waals surface area contributed by atoms with E-state index in [4.69, 9.17) is 4.74 Å². The molecule has 1 aromatic rings. The van der Waals surface area contributed by atoms with Crippen molar-refractivity contribution in [2.45, 2.75) is 25.7 Å². The Hall–Kier alpha value is -2.41. The summed E-state index contributed by atoms with van der Waals surface area (Å²) in [6.45, 7) is 7.98. The quantitative estimate of drug-likeness (QED) is 0.602. The fourth-order valence-corrected chi connectivity index (χ4v) is 4.00. The van der Waals surface area contributed by atoms with Gasteiger partial charge in [0.2, 0.25) is 0 Å². The van der Waals surface area contributed by atoms with Crippen molar-refractivity contribution in [2.75, 3.05) is 6.54 Å². The van der Waals surface area contributed by atoms with Gasteiger partial charge in [0.05, 0.1) is 17.4 Å². The minimum Gasteiger partial charge on any atom is -0.423 e. The van der Waals surface area contributed by atoms with Crippen LogP contribution < -0.4 is 0 Å². The van der Waals surface area contributed by atoms with Gasteiger partial charge in [-0.3, -0.25) is 13.9 Å².